The molecule has 1 fully saturated rings. The van der Waals surface area contributed by atoms with Crippen LogP contribution in [-0.2, 0) is 35.3 Å². The number of carbonyl (C=O) groups is 2. The van der Waals surface area contributed by atoms with Crippen molar-refractivity contribution in [1.82, 2.24) is 0 Å². The smallest absolute Gasteiger partial charge is 0.230 e. The lowest BCUT2D eigenvalue weighted by Gasteiger charge is -2.18. The molecule has 0 bridgehead atoms. The SMILES string of the molecule is N#Cc1c(NC(=O)C2CC(=O)N(c3ccc4c(c3)CCC4)C2)sc2c1CCCC2. The first-order valence-electron chi connectivity index (χ1n) is 10.4. The number of fused-ring (bicyclic) bond motifs is 2. The fourth-order valence-electron chi connectivity index (χ4n) is 4.85. The highest BCUT2D eigenvalue weighted by atomic mass is 32.1. The van der Waals surface area contributed by atoms with E-state index in [0.717, 1.165) is 49.8 Å². The summed E-state index contributed by atoms with van der Waals surface area (Å²) in [6, 6.07) is 8.52. The number of nitriles is 1. The summed E-state index contributed by atoms with van der Waals surface area (Å²) in [5.41, 5.74) is 5.33. The van der Waals surface area contributed by atoms with E-state index in [0.29, 0.717) is 17.1 Å². The second-order valence-corrected chi connectivity index (χ2v) is 9.33. The van der Waals surface area contributed by atoms with Crippen molar-refractivity contribution in [2.75, 3.05) is 16.8 Å². The van der Waals surface area contributed by atoms with Crippen molar-refractivity contribution in [2.45, 2.75) is 51.4 Å². The molecule has 2 amide bonds. The van der Waals surface area contributed by atoms with Gasteiger partial charge in [0.2, 0.25) is 11.8 Å². The number of aryl methyl sites for hydroxylation is 3. The molecule has 0 spiro atoms. The van der Waals surface area contributed by atoms with E-state index in [-0.39, 0.29) is 24.2 Å². The van der Waals surface area contributed by atoms with Crippen LogP contribution in [0.15, 0.2) is 18.2 Å². The number of anilines is 2. The van der Waals surface area contributed by atoms with Crippen LogP contribution in [0.3, 0.4) is 0 Å². The monoisotopic (exact) mass is 405 g/mol. The van der Waals surface area contributed by atoms with Crippen molar-refractivity contribution in [3.8, 4) is 6.07 Å². The lowest BCUT2D eigenvalue weighted by Crippen LogP contribution is -2.28. The number of carbonyl (C=O) groups excluding carboxylic acids is 2. The fourth-order valence-corrected chi connectivity index (χ4v) is 6.09. The van der Waals surface area contributed by atoms with Crippen molar-refractivity contribution in [2.24, 2.45) is 5.92 Å². The normalized spacial score (nSPS) is 20.3. The fraction of sp³-hybridized carbons (Fsp3) is 0.435. The van der Waals surface area contributed by atoms with E-state index in [2.05, 4.69) is 23.5 Å². The molecule has 148 valence electrons. The summed E-state index contributed by atoms with van der Waals surface area (Å²) in [4.78, 5) is 28.5. The molecule has 1 saturated heterocycles. The summed E-state index contributed by atoms with van der Waals surface area (Å²) in [7, 11) is 0. The number of hydrogen-bond acceptors (Lipinski definition) is 4. The van der Waals surface area contributed by atoms with Gasteiger partial charge in [0, 0.05) is 23.5 Å². The average Bonchev–Trinajstić information content (AvgIpc) is 3.43. The van der Waals surface area contributed by atoms with Crippen molar-refractivity contribution >= 4 is 33.8 Å². The van der Waals surface area contributed by atoms with Gasteiger partial charge in [-0.25, -0.2) is 0 Å². The van der Waals surface area contributed by atoms with Gasteiger partial charge in [0.15, 0.2) is 0 Å². The highest BCUT2D eigenvalue weighted by Crippen LogP contribution is 2.38. The van der Waals surface area contributed by atoms with Crippen molar-refractivity contribution in [1.29, 1.82) is 5.26 Å². The Morgan fingerprint density at radius 1 is 1.14 bits per heavy atom. The molecule has 1 aromatic carbocycles. The van der Waals surface area contributed by atoms with Gasteiger partial charge in [-0.1, -0.05) is 6.07 Å². The average molecular weight is 406 g/mol. The van der Waals surface area contributed by atoms with Gasteiger partial charge in [-0.2, -0.15) is 5.26 Å². The molecule has 2 heterocycles. The Balaban J connectivity index is 1.32. The van der Waals surface area contributed by atoms with E-state index in [1.165, 1.54) is 33.8 Å². The van der Waals surface area contributed by atoms with Crippen LogP contribution in [0.4, 0.5) is 10.7 Å². The van der Waals surface area contributed by atoms with Crippen LogP contribution in [0.2, 0.25) is 0 Å². The topological polar surface area (TPSA) is 73.2 Å². The van der Waals surface area contributed by atoms with Gasteiger partial charge >= 0.3 is 0 Å². The molecule has 1 aliphatic heterocycles. The second kappa shape index (κ2) is 7.31. The number of hydrogen-bond donors (Lipinski definition) is 1. The van der Waals surface area contributed by atoms with Crippen LogP contribution in [0.25, 0.3) is 0 Å². The molecule has 5 nitrogen and oxygen atoms in total. The number of nitrogens with zero attached hydrogens (tertiary/aromatic N) is 2. The predicted octanol–water partition coefficient (Wildman–Crippen LogP) is 3.98. The molecule has 1 aromatic heterocycles. The van der Waals surface area contributed by atoms with Crippen molar-refractivity contribution in [3.63, 3.8) is 0 Å². The number of nitrogens with one attached hydrogen (secondary N) is 1. The van der Waals surface area contributed by atoms with E-state index in [4.69, 9.17) is 0 Å². The zero-order valence-electron chi connectivity index (χ0n) is 16.3. The Labute approximate surface area is 174 Å². The quantitative estimate of drug-likeness (QED) is 0.839. The Hall–Kier alpha value is -2.65. The standard InChI is InChI=1S/C23H23N3O2S/c24-12-19-18-6-1-2-7-20(18)29-23(19)25-22(28)16-11-21(27)26(13-16)17-9-8-14-4-3-5-15(14)10-17/h8-10,16H,1-7,11,13H2,(H,25,28). The Kier molecular flexibility index (Phi) is 4.63. The molecule has 2 aliphatic carbocycles. The molecule has 3 aliphatic rings. The Morgan fingerprint density at radius 3 is 2.83 bits per heavy atom. The zero-order valence-corrected chi connectivity index (χ0v) is 17.1. The second-order valence-electron chi connectivity index (χ2n) is 8.23. The van der Waals surface area contributed by atoms with Crippen molar-refractivity contribution < 1.29 is 9.59 Å². The van der Waals surface area contributed by atoms with Crippen LogP contribution in [0.1, 0.15) is 52.8 Å². The molecule has 0 radical (unpaired) electrons. The zero-order chi connectivity index (χ0) is 20.0. The molecule has 0 saturated carbocycles. The minimum Gasteiger partial charge on any atom is -0.316 e. The summed E-state index contributed by atoms with van der Waals surface area (Å²) in [6.45, 7) is 0.399. The lowest BCUT2D eigenvalue weighted by molar-refractivity contribution is -0.122. The van der Waals surface area contributed by atoms with E-state index in [1.807, 2.05) is 6.07 Å². The highest BCUT2D eigenvalue weighted by molar-refractivity contribution is 7.16. The maximum absolute atomic E-state index is 12.9. The third-order valence-corrected chi connectivity index (χ3v) is 7.62. The van der Waals surface area contributed by atoms with Crippen molar-refractivity contribution in [3.05, 3.63) is 45.3 Å². The minimum absolute atomic E-state index is 0.00548. The summed E-state index contributed by atoms with van der Waals surface area (Å²) >= 11 is 1.53. The molecular weight excluding hydrogens is 382 g/mol. The van der Waals surface area contributed by atoms with E-state index in [1.54, 1.807) is 4.90 Å². The summed E-state index contributed by atoms with van der Waals surface area (Å²) in [5, 5.41) is 13.2. The van der Waals surface area contributed by atoms with Gasteiger partial charge in [-0.15, -0.1) is 11.3 Å². The van der Waals surface area contributed by atoms with Gasteiger partial charge in [-0.3, -0.25) is 9.59 Å². The number of rotatable bonds is 3. The van der Waals surface area contributed by atoms with Crippen LogP contribution < -0.4 is 10.2 Å². The molecule has 1 atom stereocenters. The predicted molar refractivity (Wildman–Crippen MR) is 113 cm³/mol. The van der Waals surface area contributed by atoms with Crippen LogP contribution in [0.5, 0.6) is 0 Å². The number of benzene rings is 1. The van der Waals surface area contributed by atoms with Crippen LogP contribution >= 0.6 is 11.3 Å². The van der Waals surface area contributed by atoms with Gasteiger partial charge in [0.25, 0.3) is 0 Å². The molecule has 1 N–H and O–H groups in total. The third-order valence-electron chi connectivity index (χ3n) is 6.41. The van der Waals surface area contributed by atoms with Gasteiger partial charge < -0.3 is 10.2 Å². The Bertz CT molecular complexity index is 1050. The third kappa shape index (κ3) is 3.24. The molecular formula is C23H23N3O2S. The largest absolute Gasteiger partial charge is 0.316 e. The van der Waals surface area contributed by atoms with Crippen LogP contribution in [0, 0.1) is 17.2 Å². The maximum Gasteiger partial charge on any atom is 0.230 e. The van der Waals surface area contributed by atoms with Gasteiger partial charge in [0.05, 0.1) is 11.5 Å². The van der Waals surface area contributed by atoms with Gasteiger partial charge in [-0.05, 0) is 73.8 Å². The summed E-state index contributed by atoms with van der Waals surface area (Å²) < 4.78 is 0. The first-order chi connectivity index (χ1) is 14.1. The lowest BCUT2D eigenvalue weighted by atomic mass is 9.96. The van der Waals surface area contributed by atoms with E-state index in [9.17, 15) is 14.9 Å². The first-order valence-corrected chi connectivity index (χ1v) is 11.2. The maximum atomic E-state index is 12.9. The Morgan fingerprint density at radius 2 is 1.97 bits per heavy atom. The molecule has 6 heteroatoms. The molecule has 29 heavy (non-hydrogen) atoms. The number of thiophene rings is 1. The minimum atomic E-state index is -0.388. The highest BCUT2D eigenvalue weighted by Gasteiger charge is 2.36. The van der Waals surface area contributed by atoms with E-state index < -0.39 is 0 Å². The van der Waals surface area contributed by atoms with E-state index >= 15 is 0 Å². The summed E-state index contributed by atoms with van der Waals surface area (Å²) in [5.74, 6) is -0.549. The van der Waals surface area contributed by atoms with Crippen LogP contribution in [-0.4, -0.2) is 18.4 Å². The first kappa shape index (κ1) is 18.4. The molecule has 1 unspecified atom stereocenters. The number of amides is 2. The molecule has 2 aromatic rings. The summed E-state index contributed by atoms with van der Waals surface area (Å²) in [6.07, 6.45) is 7.70. The molecule has 5 rings (SSSR count). The van der Waals surface area contributed by atoms with Gasteiger partial charge in [0.1, 0.15) is 11.1 Å².